The molecule has 0 spiro atoms. The van der Waals surface area contributed by atoms with Crippen molar-refractivity contribution in [1.82, 2.24) is 20.2 Å². The number of nitrogens with two attached hydrogens (primary N) is 1. The van der Waals surface area contributed by atoms with Gasteiger partial charge in [0.2, 0.25) is 0 Å². The van der Waals surface area contributed by atoms with E-state index in [1.165, 1.54) is 6.42 Å². The molecule has 3 unspecified atom stereocenters. The first-order valence-corrected chi connectivity index (χ1v) is 7.76. The Morgan fingerprint density at radius 1 is 1.19 bits per heavy atom. The Labute approximate surface area is 129 Å². The van der Waals surface area contributed by atoms with Crippen molar-refractivity contribution in [3.8, 4) is 11.4 Å². The molecule has 6 heteroatoms. The van der Waals surface area contributed by atoms with Crippen LogP contribution in [0.2, 0.25) is 5.02 Å². The molecule has 2 aromatic rings. The van der Waals surface area contributed by atoms with E-state index in [0.717, 1.165) is 30.1 Å². The molecule has 0 radical (unpaired) electrons. The average molecular weight is 306 g/mol. The van der Waals surface area contributed by atoms with Crippen LogP contribution in [0.15, 0.2) is 18.2 Å². The number of nitrogens with zero attached hydrogens (tertiary/aromatic N) is 4. The van der Waals surface area contributed by atoms with Gasteiger partial charge in [-0.1, -0.05) is 25.4 Å². The van der Waals surface area contributed by atoms with Crippen LogP contribution in [-0.2, 0) is 0 Å². The molecule has 1 aromatic carbocycles. The van der Waals surface area contributed by atoms with Crippen molar-refractivity contribution in [2.75, 3.05) is 5.73 Å². The van der Waals surface area contributed by atoms with Crippen molar-refractivity contribution in [1.29, 1.82) is 0 Å². The smallest absolute Gasteiger partial charge is 0.182 e. The van der Waals surface area contributed by atoms with Crippen LogP contribution in [0.1, 0.15) is 39.2 Å². The Hall–Kier alpha value is -1.62. The highest BCUT2D eigenvalue weighted by Gasteiger charge is 2.28. The summed E-state index contributed by atoms with van der Waals surface area (Å²) in [5.41, 5.74) is 7.37. The quantitative estimate of drug-likeness (QED) is 0.861. The number of hydrogen-bond acceptors (Lipinski definition) is 4. The second kappa shape index (κ2) is 5.64. The van der Waals surface area contributed by atoms with Gasteiger partial charge in [-0.25, -0.2) is 4.68 Å². The summed E-state index contributed by atoms with van der Waals surface area (Å²) in [7, 11) is 0. The second-order valence-electron chi connectivity index (χ2n) is 6.14. The fourth-order valence-corrected chi connectivity index (χ4v) is 3.36. The number of benzene rings is 1. The molecule has 1 aliphatic rings. The van der Waals surface area contributed by atoms with Crippen LogP contribution >= 0.6 is 11.6 Å². The van der Waals surface area contributed by atoms with E-state index in [4.69, 9.17) is 17.3 Å². The van der Waals surface area contributed by atoms with E-state index in [9.17, 15) is 0 Å². The second-order valence-corrected chi connectivity index (χ2v) is 6.58. The van der Waals surface area contributed by atoms with Gasteiger partial charge in [0.25, 0.3) is 0 Å². The molecule has 1 heterocycles. The SMILES string of the molecule is CC1CCC(n2nnnc2-c2cc(N)cc(Cl)c2)CC1C. The van der Waals surface area contributed by atoms with E-state index in [-0.39, 0.29) is 0 Å². The van der Waals surface area contributed by atoms with E-state index in [1.807, 2.05) is 16.8 Å². The maximum Gasteiger partial charge on any atom is 0.182 e. The predicted molar refractivity (Wildman–Crippen MR) is 83.9 cm³/mol. The van der Waals surface area contributed by atoms with Crippen molar-refractivity contribution in [3.05, 3.63) is 23.2 Å². The van der Waals surface area contributed by atoms with Gasteiger partial charge in [-0.05, 0) is 59.7 Å². The van der Waals surface area contributed by atoms with Crippen molar-refractivity contribution >= 4 is 17.3 Å². The third-order valence-electron chi connectivity index (χ3n) is 4.59. The molecule has 3 atom stereocenters. The monoisotopic (exact) mass is 305 g/mol. The lowest BCUT2D eigenvalue weighted by Gasteiger charge is -2.32. The summed E-state index contributed by atoms with van der Waals surface area (Å²) in [6.45, 7) is 4.62. The highest BCUT2D eigenvalue weighted by Crippen LogP contribution is 2.37. The Morgan fingerprint density at radius 3 is 2.71 bits per heavy atom. The van der Waals surface area contributed by atoms with Gasteiger partial charge in [-0.3, -0.25) is 0 Å². The minimum absolute atomic E-state index is 0.349. The number of nitrogen functional groups attached to an aromatic ring is 1. The lowest BCUT2D eigenvalue weighted by molar-refractivity contribution is 0.200. The van der Waals surface area contributed by atoms with Crippen molar-refractivity contribution in [3.63, 3.8) is 0 Å². The normalized spacial score (nSPS) is 26.0. The predicted octanol–water partition coefficient (Wildman–Crippen LogP) is 3.57. The van der Waals surface area contributed by atoms with E-state index in [1.54, 1.807) is 6.07 Å². The fourth-order valence-electron chi connectivity index (χ4n) is 3.11. The zero-order valence-corrected chi connectivity index (χ0v) is 13.1. The summed E-state index contributed by atoms with van der Waals surface area (Å²) in [5.74, 6) is 2.20. The van der Waals surface area contributed by atoms with Gasteiger partial charge in [0.15, 0.2) is 5.82 Å². The van der Waals surface area contributed by atoms with Crippen LogP contribution in [0.25, 0.3) is 11.4 Å². The topological polar surface area (TPSA) is 69.6 Å². The molecule has 0 bridgehead atoms. The van der Waals surface area contributed by atoms with Crippen LogP contribution in [0.5, 0.6) is 0 Å². The number of tetrazole rings is 1. The molecule has 1 aromatic heterocycles. The minimum atomic E-state index is 0.349. The Balaban J connectivity index is 1.94. The number of anilines is 1. The van der Waals surface area contributed by atoms with Crippen molar-refractivity contribution < 1.29 is 0 Å². The van der Waals surface area contributed by atoms with Crippen molar-refractivity contribution in [2.24, 2.45) is 11.8 Å². The molecule has 1 fully saturated rings. The zero-order chi connectivity index (χ0) is 15.0. The molecule has 1 saturated carbocycles. The van der Waals surface area contributed by atoms with Gasteiger partial charge >= 0.3 is 0 Å². The molecule has 3 rings (SSSR count). The van der Waals surface area contributed by atoms with Crippen LogP contribution in [0.4, 0.5) is 5.69 Å². The molecule has 1 aliphatic carbocycles. The maximum absolute atomic E-state index is 6.09. The molecule has 0 aliphatic heterocycles. The summed E-state index contributed by atoms with van der Waals surface area (Å²) in [5, 5.41) is 12.8. The van der Waals surface area contributed by atoms with Gasteiger partial charge in [0.1, 0.15) is 0 Å². The number of hydrogen-bond donors (Lipinski definition) is 1. The summed E-state index contributed by atoms with van der Waals surface area (Å²) in [6.07, 6.45) is 3.43. The van der Waals surface area contributed by atoms with Gasteiger partial charge in [0, 0.05) is 16.3 Å². The van der Waals surface area contributed by atoms with Gasteiger partial charge in [-0.15, -0.1) is 5.10 Å². The minimum Gasteiger partial charge on any atom is -0.399 e. The first-order valence-electron chi connectivity index (χ1n) is 7.39. The molecular weight excluding hydrogens is 286 g/mol. The lowest BCUT2D eigenvalue weighted by Crippen LogP contribution is -2.24. The first kappa shape index (κ1) is 14.3. The summed E-state index contributed by atoms with van der Waals surface area (Å²) in [4.78, 5) is 0. The average Bonchev–Trinajstić information content (AvgIpc) is 2.90. The molecule has 0 saturated heterocycles. The number of halogens is 1. The largest absolute Gasteiger partial charge is 0.399 e. The highest BCUT2D eigenvalue weighted by atomic mass is 35.5. The molecule has 21 heavy (non-hydrogen) atoms. The number of rotatable bonds is 2. The molecule has 112 valence electrons. The van der Waals surface area contributed by atoms with Crippen LogP contribution in [0.3, 0.4) is 0 Å². The standard InChI is InChI=1S/C15H20ClN5/c1-9-3-4-14(5-10(9)2)21-15(18-19-20-21)11-6-12(16)8-13(17)7-11/h6-10,14H,3-5,17H2,1-2H3. The summed E-state index contributed by atoms with van der Waals surface area (Å²) >= 11 is 6.09. The molecule has 2 N–H and O–H groups in total. The first-order chi connectivity index (χ1) is 10.0. The molecule has 0 amide bonds. The van der Waals surface area contributed by atoms with E-state index >= 15 is 0 Å². The summed E-state index contributed by atoms with van der Waals surface area (Å²) < 4.78 is 1.94. The van der Waals surface area contributed by atoms with Gasteiger partial charge in [-0.2, -0.15) is 0 Å². The Kier molecular flexibility index (Phi) is 3.85. The van der Waals surface area contributed by atoms with Crippen molar-refractivity contribution in [2.45, 2.75) is 39.2 Å². The van der Waals surface area contributed by atoms with Gasteiger partial charge in [0.05, 0.1) is 6.04 Å². The third-order valence-corrected chi connectivity index (χ3v) is 4.81. The fraction of sp³-hybridized carbons (Fsp3) is 0.533. The Morgan fingerprint density at radius 2 is 2.00 bits per heavy atom. The van der Waals surface area contributed by atoms with Crippen LogP contribution in [-0.4, -0.2) is 20.2 Å². The summed E-state index contributed by atoms with van der Waals surface area (Å²) in [6, 6.07) is 5.79. The third kappa shape index (κ3) is 2.88. The van der Waals surface area contributed by atoms with E-state index in [0.29, 0.717) is 22.7 Å². The molecular formula is C15H20ClN5. The van der Waals surface area contributed by atoms with E-state index < -0.39 is 0 Å². The lowest BCUT2D eigenvalue weighted by atomic mass is 9.79. The molecule has 5 nitrogen and oxygen atoms in total. The van der Waals surface area contributed by atoms with Crippen LogP contribution < -0.4 is 5.73 Å². The van der Waals surface area contributed by atoms with Crippen LogP contribution in [0, 0.1) is 11.8 Å². The maximum atomic E-state index is 6.09. The van der Waals surface area contributed by atoms with Gasteiger partial charge < -0.3 is 5.73 Å². The Bertz CT molecular complexity index is 618. The van der Waals surface area contributed by atoms with E-state index in [2.05, 4.69) is 29.4 Å². The number of aromatic nitrogens is 4. The zero-order valence-electron chi connectivity index (χ0n) is 12.3. The highest BCUT2D eigenvalue weighted by molar-refractivity contribution is 6.31.